The van der Waals surface area contributed by atoms with Gasteiger partial charge in [-0.05, 0) is 36.4 Å². The molecule has 2 aromatic carbocycles. The predicted molar refractivity (Wildman–Crippen MR) is 88.6 cm³/mol. The van der Waals surface area contributed by atoms with Gasteiger partial charge in [0.15, 0.2) is 0 Å². The molecular formula is C17H21IN2O3. The van der Waals surface area contributed by atoms with E-state index >= 15 is 0 Å². The van der Waals surface area contributed by atoms with E-state index in [9.17, 15) is 4.79 Å². The van der Waals surface area contributed by atoms with Crippen molar-refractivity contribution in [3.05, 3.63) is 48.5 Å². The second kappa shape index (κ2) is 8.16. The zero-order valence-corrected chi connectivity index (χ0v) is 15.8. The van der Waals surface area contributed by atoms with Crippen molar-refractivity contribution >= 4 is 17.5 Å². The molecule has 0 bridgehead atoms. The Balaban J connectivity index is 0.00000264. The van der Waals surface area contributed by atoms with Gasteiger partial charge in [0, 0.05) is 11.8 Å². The fourth-order valence-corrected chi connectivity index (χ4v) is 1.89. The number of halogens is 1. The zero-order valence-electron chi connectivity index (χ0n) is 13.7. The quantitative estimate of drug-likeness (QED) is 0.571. The molecule has 0 heterocycles. The second-order valence-corrected chi connectivity index (χ2v) is 5.75. The van der Waals surface area contributed by atoms with Gasteiger partial charge in [0.2, 0.25) is 0 Å². The number of ether oxygens (including phenoxy) is 2. The van der Waals surface area contributed by atoms with Crippen molar-refractivity contribution in [3.8, 4) is 11.5 Å². The topological polar surface area (TPSA) is 47.6 Å². The Hall–Kier alpha value is -1.80. The van der Waals surface area contributed by atoms with Crippen molar-refractivity contribution in [1.82, 2.24) is 4.48 Å². The molecule has 0 spiro atoms. The summed E-state index contributed by atoms with van der Waals surface area (Å²) in [5.41, 5.74) is 1.70. The Morgan fingerprint density at radius 1 is 1.00 bits per heavy atom. The second-order valence-electron chi connectivity index (χ2n) is 5.75. The number of carbonyl (C=O) groups is 1. The molecule has 2 rings (SSSR count). The van der Waals surface area contributed by atoms with E-state index < -0.39 is 6.09 Å². The molecular weight excluding hydrogens is 407 g/mol. The van der Waals surface area contributed by atoms with Gasteiger partial charge in [-0.15, -0.1) is 0 Å². The SMILES string of the molecule is COc1ccc(NC(=O)Oc2cccc([N+](C)(C)C)c2)cc1.[I-]. The van der Waals surface area contributed by atoms with Gasteiger partial charge in [0.1, 0.15) is 17.2 Å². The molecule has 1 N–H and O–H groups in total. The monoisotopic (exact) mass is 428 g/mol. The lowest BCUT2D eigenvalue weighted by molar-refractivity contribution is -0.00000966. The van der Waals surface area contributed by atoms with Crippen molar-refractivity contribution in [2.45, 2.75) is 0 Å². The molecule has 1 amide bonds. The van der Waals surface area contributed by atoms with Crippen LogP contribution in [0, 0.1) is 0 Å². The third-order valence-electron chi connectivity index (χ3n) is 3.14. The molecule has 5 nitrogen and oxygen atoms in total. The number of benzene rings is 2. The number of hydrogen-bond acceptors (Lipinski definition) is 3. The van der Waals surface area contributed by atoms with Crippen LogP contribution in [-0.4, -0.2) is 34.3 Å². The third-order valence-corrected chi connectivity index (χ3v) is 3.14. The van der Waals surface area contributed by atoms with Crippen LogP contribution in [0.25, 0.3) is 0 Å². The number of anilines is 1. The Kier molecular flexibility index (Phi) is 6.83. The summed E-state index contributed by atoms with van der Waals surface area (Å²) in [6.07, 6.45) is -0.524. The van der Waals surface area contributed by atoms with Gasteiger partial charge in [-0.3, -0.25) is 9.80 Å². The summed E-state index contributed by atoms with van der Waals surface area (Å²) < 4.78 is 11.0. The normalized spacial score (nSPS) is 10.4. The Labute approximate surface area is 153 Å². The smallest absolute Gasteiger partial charge is 0.417 e. The number of quaternary nitrogens is 1. The van der Waals surface area contributed by atoms with Crippen molar-refractivity contribution in [2.75, 3.05) is 33.6 Å². The van der Waals surface area contributed by atoms with Crippen molar-refractivity contribution in [3.63, 3.8) is 0 Å². The summed E-state index contributed by atoms with van der Waals surface area (Å²) in [5.74, 6) is 1.24. The first kappa shape index (κ1) is 19.2. The highest BCUT2D eigenvalue weighted by Crippen LogP contribution is 2.23. The zero-order chi connectivity index (χ0) is 16.2. The first-order chi connectivity index (χ1) is 10.4. The van der Waals surface area contributed by atoms with Crippen LogP contribution in [0.2, 0.25) is 0 Å². The van der Waals surface area contributed by atoms with Gasteiger partial charge < -0.3 is 33.5 Å². The maximum Gasteiger partial charge on any atom is 0.417 e. The highest BCUT2D eigenvalue weighted by molar-refractivity contribution is 5.86. The summed E-state index contributed by atoms with van der Waals surface area (Å²) in [4.78, 5) is 11.9. The average Bonchev–Trinajstić information content (AvgIpc) is 2.47. The van der Waals surface area contributed by atoms with E-state index in [-0.39, 0.29) is 24.0 Å². The minimum atomic E-state index is -0.524. The molecule has 2 aromatic rings. The van der Waals surface area contributed by atoms with Gasteiger partial charge >= 0.3 is 6.09 Å². The van der Waals surface area contributed by atoms with Crippen LogP contribution >= 0.6 is 0 Å². The Morgan fingerprint density at radius 2 is 1.65 bits per heavy atom. The van der Waals surface area contributed by atoms with Gasteiger partial charge in [-0.1, -0.05) is 6.07 Å². The van der Waals surface area contributed by atoms with Crippen LogP contribution in [0.5, 0.6) is 11.5 Å². The van der Waals surface area contributed by atoms with Crippen LogP contribution in [0.15, 0.2) is 48.5 Å². The number of carbonyl (C=O) groups excluding carboxylic acids is 1. The summed E-state index contributed by atoms with van der Waals surface area (Å²) >= 11 is 0. The van der Waals surface area contributed by atoms with Crippen molar-refractivity contribution < 1.29 is 38.2 Å². The molecule has 124 valence electrons. The van der Waals surface area contributed by atoms with Crippen LogP contribution in [0.3, 0.4) is 0 Å². The molecule has 0 saturated heterocycles. The predicted octanol–water partition coefficient (Wildman–Crippen LogP) is 0.507. The van der Waals surface area contributed by atoms with E-state index in [1.54, 1.807) is 37.4 Å². The maximum absolute atomic E-state index is 11.9. The van der Waals surface area contributed by atoms with Crippen LogP contribution in [-0.2, 0) is 0 Å². The first-order valence-corrected chi connectivity index (χ1v) is 6.93. The Bertz CT molecular complexity index is 652. The largest absolute Gasteiger partial charge is 1.00 e. The summed E-state index contributed by atoms with van der Waals surface area (Å²) in [6, 6.07) is 14.5. The van der Waals surface area contributed by atoms with Gasteiger partial charge in [-0.25, -0.2) is 4.79 Å². The lowest BCUT2D eigenvalue weighted by Gasteiger charge is -2.23. The standard InChI is InChI=1S/C17H20N2O3.HI/c1-19(2,3)14-6-5-7-16(12-14)22-17(20)18-13-8-10-15(21-4)11-9-13;/h5-12H,1-4H3;1H. The number of nitrogens with one attached hydrogen (secondary N) is 1. The van der Waals surface area contributed by atoms with E-state index in [0.717, 1.165) is 11.4 Å². The van der Waals surface area contributed by atoms with Gasteiger partial charge in [-0.2, -0.15) is 0 Å². The minimum absolute atomic E-state index is 0. The van der Waals surface area contributed by atoms with Gasteiger partial charge in [0.25, 0.3) is 0 Å². The van der Waals surface area contributed by atoms with Crippen LogP contribution in [0.1, 0.15) is 0 Å². The minimum Gasteiger partial charge on any atom is -1.00 e. The molecule has 0 saturated carbocycles. The number of nitrogens with zero attached hydrogens (tertiary/aromatic N) is 1. The third kappa shape index (κ3) is 5.72. The van der Waals surface area contributed by atoms with E-state index in [4.69, 9.17) is 9.47 Å². The fraction of sp³-hybridized carbons (Fsp3) is 0.235. The fourth-order valence-electron chi connectivity index (χ4n) is 1.89. The molecule has 0 aliphatic rings. The maximum atomic E-state index is 11.9. The molecule has 0 radical (unpaired) electrons. The molecule has 6 heteroatoms. The van der Waals surface area contributed by atoms with Gasteiger partial charge in [0.05, 0.1) is 28.3 Å². The van der Waals surface area contributed by atoms with Crippen molar-refractivity contribution in [1.29, 1.82) is 0 Å². The van der Waals surface area contributed by atoms with E-state index in [1.165, 1.54) is 0 Å². The van der Waals surface area contributed by atoms with Crippen molar-refractivity contribution in [2.24, 2.45) is 0 Å². The first-order valence-electron chi connectivity index (χ1n) is 6.93. The molecule has 23 heavy (non-hydrogen) atoms. The van der Waals surface area contributed by atoms with Crippen LogP contribution < -0.4 is 43.3 Å². The van der Waals surface area contributed by atoms with E-state index in [2.05, 4.69) is 26.5 Å². The molecule has 0 fully saturated rings. The highest BCUT2D eigenvalue weighted by Gasteiger charge is 2.14. The molecule has 0 atom stereocenters. The summed E-state index contributed by atoms with van der Waals surface area (Å²) in [7, 11) is 7.75. The lowest BCUT2D eigenvalue weighted by Crippen LogP contribution is -3.00. The molecule has 0 aliphatic carbocycles. The lowest BCUT2D eigenvalue weighted by atomic mass is 10.2. The van der Waals surface area contributed by atoms with E-state index in [0.29, 0.717) is 15.9 Å². The molecule has 0 aromatic heterocycles. The summed E-state index contributed by atoms with van der Waals surface area (Å²) in [6.45, 7) is 0. The number of hydrogen-bond donors (Lipinski definition) is 1. The highest BCUT2D eigenvalue weighted by atomic mass is 127. The number of methoxy groups -OCH3 is 1. The Morgan fingerprint density at radius 3 is 2.22 bits per heavy atom. The average molecular weight is 428 g/mol. The molecule has 0 aliphatic heterocycles. The molecule has 0 unspecified atom stereocenters. The summed E-state index contributed by atoms with van der Waals surface area (Å²) in [5, 5.41) is 2.68. The van der Waals surface area contributed by atoms with Crippen LogP contribution in [0.4, 0.5) is 16.2 Å². The number of amides is 1. The number of rotatable bonds is 4. The van der Waals surface area contributed by atoms with E-state index in [1.807, 2.05) is 18.2 Å².